The summed E-state index contributed by atoms with van der Waals surface area (Å²) in [5, 5.41) is -0.800. The van der Waals surface area contributed by atoms with Crippen LogP contribution in [0, 0.1) is 0 Å². The van der Waals surface area contributed by atoms with Crippen LogP contribution < -0.4 is 5.73 Å². The summed E-state index contributed by atoms with van der Waals surface area (Å²) in [6, 6.07) is 3.99. The first-order chi connectivity index (χ1) is 8.43. The second-order valence-corrected chi connectivity index (χ2v) is 7.40. The summed E-state index contributed by atoms with van der Waals surface area (Å²) in [7, 11) is 0. The molecule has 8 heteroatoms. The average molecular weight is 348 g/mol. The highest BCUT2D eigenvalue weighted by molar-refractivity contribution is 8.04. The van der Waals surface area contributed by atoms with Crippen LogP contribution >= 0.6 is 58.2 Å². The van der Waals surface area contributed by atoms with Gasteiger partial charge in [-0.3, -0.25) is 9.78 Å². The molecule has 3 unspecified atom stereocenters. The molecule has 0 aliphatic rings. The smallest absolute Gasteiger partial charge is 0.199 e. The zero-order chi connectivity index (χ0) is 13.7. The maximum Gasteiger partial charge on any atom is 0.199 e. The first kappa shape index (κ1) is 16.3. The zero-order valence-corrected chi connectivity index (χ0v) is 12.8. The molecule has 2 N–H and O–H groups in total. The summed E-state index contributed by atoms with van der Waals surface area (Å²) in [4.78, 5) is 15.9. The molecule has 3 nitrogen and oxygen atoms in total. The second-order valence-electron chi connectivity index (χ2n) is 3.30. The minimum Gasteiger partial charge on any atom is -0.320 e. The Morgan fingerprint density at radius 1 is 1.28 bits per heavy atom. The third kappa shape index (κ3) is 4.76. The number of Topliss-reactive ketones (excluding diaryl/α,β-unsaturated/α-hetero) is 1. The molecule has 1 rings (SSSR count). The van der Waals surface area contributed by atoms with Gasteiger partial charge in [0.15, 0.2) is 9.95 Å². The number of alkyl halides is 4. The lowest BCUT2D eigenvalue weighted by Gasteiger charge is -2.21. The number of ketones is 1. The van der Waals surface area contributed by atoms with Gasteiger partial charge >= 0.3 is 0 Å². The van der Waals surface area contributed by atoms with Crippen molar-refractivity contribution in [2.45, 2.75) is 20.3 Å². The van der Waals surface area contributed by atoms with Crippen LogP contribution in [0.3, 0.4) is 0 Å². The molecule has 0 fully saturated rings. The molecule has 0 bridgehead atoms. The van der Waals surface area contributed by atoms with Crippen molar-refractivity contribution in [3.8, 4) is 0 Å². The van der Waals surface area contributed by atoms with Crippen molar-refractivity contribution in [1.82, 2.24) is 4.98 Å². The number of carbonyl (C=O) groups excluding carboxylic acids is 1. The molecule has 0 saturated heterocycles. The van der Waals surface area contributed by atoms with Crippen molar-refractivity contribution in [1.29, 1.82) is 0 Å². The van der Waals surface area contributed by atoms with E-state index in [1.165, 1.54) is 6.20 Å². The van der Waals surface area contributed by atoms with E-state index >= 15 is 0 Å². The highest BCUT2D eigenvalue weighted by Gasteiger charge is 2.31. The molecule has 18 heavy (non-hydrogen) atoms. The molecule has 1 heterocycles. The predicted molar refractivity (Wildman–Crippen MR) is 78.9 cm³/mol. The normalized spacial score (nSPS) is 16.3. The summed E-state index contributed by atoms with van der Waals surface area (Å²) in [6.45, 7) is 0. The number of carbonyl (C=O) groups is 1. The molecule has 1 aromatic rings. The monoisotopic (exact) mass is 346 g/mol. The molecule has 0 aliphatic heterocycles. The number of pyridine rings is 1. The van der Waals surface area contributed by atoms with E-state index in [0.717, 1.165) is 11.8 Å². The number of nitrogens with two attached hydrogens (primary N) is 1. The summed E-state index contributed by atoms with van der Waals surface area (Å²) in [5.41, 5.74) is 6.01. The van der Waals surface area contributed by atoms with E-state index in [-0.39, 0.29) is 11.5 Å². The van der Waals surface area contributed by atoms with Crippen molar-refractivity contribution in [2.24, 2.45) is 5.73 Å². The Hall–Kier alpha value is 0.290. The van der Waals surface area contributed by atoms with Gasteiger partial charge in [0.2, 0.25) is 0 Å². The van der Waals surface area contributed by atoms with Gasteiger partial charge in [-0.25, -0.2) is 0 Å². The van der Waals surface area contributed by atoms with E-state index < -0.39 is 20.3 Å². The Bertz CT molecular complexity index is 393. The van der Waals surface area contributed by atoms with Gasteiger partial charge in [-0.2, -0.15) is 0 Å². The van der Waals surface area contributed by atoms with E-state index in [2.05, 4.69) is 4.98 Å². The third-order valence-corrected chi connectivity index (χ3v) is 4.80. The lowest BCUT2D eigenvalue weighted by molar-refractivity contribution is 0.0955. The summed E-state index contributed by atoms with van der Waals surface area (Å²) in [6.07, 6.45) is 1.50. The van der Waals surface area contributed by atoms with Crippen LogP contribution in [0.4, 0.5) is 0 Å². The summed E-state index contributed by atoms with van der Waals surface area (Å²) < 4.78 is -1.40. The van der Waals surface area contributed by atoms with Crippen LogP contribution in [-0.4, -0.2) is 31.1 Å². The molecule has 3 atom stereocenters. The molecule has 100 valence electrons. The number of nitrogens with zero attached hydrogens (tertiary/aromatic N) is 1. The van der Waals surface area contributed by atoms with Gasteiger partial charge < -0.3 is 5.73 Å². The molecule has 0 saturated carbocycles. The lowest BCUT2D eigenvalue weighted by atomic mass is 10.1. The standard InChI is InChI=1S/C10H10Cl4N2OS/c11-6(9(12)18-10(13)14)7(15)8(17)5-3-1-2-4-16-5/h1-4,6-7,9-10H,15H2. The number of aromatic nitrogens is 1. The lowest BCUT2D eigenvalue weighted by Crippen LogP contribution is -2.43. The number of hydrogen-bond donors (Lipinski definition) is 1. The van der Waals surface area contributed by atoms with E-state index in [0.29, 0.717) is 0 Å². The minimum atomic E-state index is -0.969. The first-order valence-corrected chi connectivity index (χ1v) is 7.55. The Morgan fingerprint density at radius 2 is 1.94 bits per heavy atom. The van der Waals surface area contributed by atoms with Crippen molar-refractivity contribution in [3.05, 3.63) is 30.1 Å². The van der Waals surface area contributed by atoms with Crippen LogP contribution in [-0.2, 0) is 0 Å². The number of hydrogen-bond acceptors (Lipinski definition) is 4. The molecular weight excluding hydrogens is 338 g/mol. The van der Waals surface area contributed by atoms with Crippen LogP contribution in [0.5, 0.6) is 0 Å². The van der Waals surface area contributed by atoms with Gasteiger partial charge in [0.25, 0.3) is 0 Å². The largest absolute Gasteiger partial charge is 0.320 e. The van der Waals surface area contributed by atoms with Crippen molar-refractivity contribution in [2.75, 3.05) is 0 Å². The SMILES string of the molecule is NC(C(=O)c1ccccn1)C(Cl)C(Cl)SC(Cl)Cl. The van der Waals surface area contributed by atoms with E-state index in [9.17, 15) is 4.79 Å². The maximum absolute atomic E-state index is 12.0. The molecule has 0 spiro atoms. The van der Waals surface area contributed by atoms with Gasteiger partial charge in [-0.05, 0) is 12.1 Å². The fourth-order valence-electron chi connectivity index (χ4n) is 1.16. The van der Waals surface area contributed by atoms with Crippen LogP contribution in [0.1, 0.15) is 10.5 Å². The molecule has 0 aliphatic carbocycles. The van der Waals surface area contributed by atoms with E-state index in [1.807, 2.05) is 0 Å². The van der Waals surface area contributed by atoms with Gasteiger partial charge in [0.05, 0.1) is 16.1 Å². The third-order valence-electron chi connectivity index (χ3n) is 2.05. The molecule has 0 radical (unpaired) electrons. The predicted octanol–water partition coefficient (Wildman–Crippen LogP) is 3.26. The van der Waals surface area contributed by atoms with E-state index in [1.54, 1.807) is 18.2 Å². The summed E-state index contributed by atoms with van der Waals surface area (Å²) in [5.74, 6) is -0.373. The molecular formula is C10H10Cl4N2OS. The van der Waals surface area contributed by atoms with Crippen LogP contribution in [0.15, 0.2) is 24.4 Å². The molecule has 0 aromatic carbocycles. The highest BCUT2D eigenvalue weighted by Crippen LogP contribution is 2.32. The quantitative estimate of drug-likeness (QED) is 0.633. The van der Waals surface area contributed by atoms with Gasteiger partial charge in [0, 0.05) is 6.20 Å². The number of halogens is 4. The molecule has 1 aromatic heterocycles. The van der Waals surface area contributed by atoms with Crippen LogP contribution in [0.2, 0.25) is 0 Å². The van der Waals surface area contributed by atoms with Gasteiger partial charge in [-0.1, -0.05) is 29.3 Å². The second kappa shape index (κ2) is 7.78. The van der Waals surface area contributed by atoms with Gasteiger partial charge in [-0.15, -0.1) is 35.0 Å². The van der Waals surface area contributed by atoms with Crippen LogP contribution in [0.25, 0.3) is 0 Å². The Morgan fingerprint density at radius 3 is 2.44 bits per heavy atom. The number of thioether (sulfide) groups is 1. The Labute approximate surface area is 129 Å². The maximum atomic E-state index is 12.0. The topological polar surface area (TPSA) is 56.0 Å². The average Bonchev–Trinajstić information content (AvgIpc) is 2.36. The zero-order valence-electron chi connectivity index (χ0n) is 8.97. The van der Waals surface area contributed by atoms with Gasteiger partial charge in [0.1, 0.15) is 5.69 Å². The summed E-state index contributed by atoms with van der Waals surface area (Å²) >= 11 is 24.1. The fraction of sp³-hybridized carbons (Fsp3) is 0.400. The fourth-order valence-corrected chi connectivity index (χ4v) is 3.41. The van der Waals surface area contributed by atoms with Crippen molar-refractivity contribution in [3.63, 3.8) is 0 Å². The Kier molecular flexibility index (Phi) is 7.06. The van der Waals surface area contributed by atoms with Crippen molar-refractivity contribution < 1.29 is 4.79 Å². The first-order valence-electron chi connectivity index (χ1n) is 4.86. The number of rotatable bonds is 6. The molecule has 0 amide bonds. The minimum absolute atomic E-state index is 0.248. The highest BCUT2D eigenvalue weighted by atomic mass is 35.5. The van der Waals surface area contributed by atoms with Crippen molar-refractivity contribution >= 4 is 63.9 Å². The van der Waals surface area contributed by atoms with E-state index in [4.69, 9.17) is 52.1 Å². The Balaban J connectivity index is 2.69.